The van der Waals surface area contributed by atoms with E-state index in [1.165, 1.54) is 12.1 Å². The first-order valence-corrected chi connectivity index (χ1v) is 6.23. The molecule has 0 radical (unpaired) electrons. The Hall–Kier alpha value is -1.67. The summed E-state index contributed by atoms with van der Waals surface area (Å²) < 4.78 is 12.9. The average molecular weight is 243 g/mol. The molecule has 0 aliphatic heterocycles. The molecule has 1 atom stereocenters. The summed E-state index contributed by atoms with van der Waals surface area (Å²) in [4.78, 5) is 0. The fourth-order valence-corrected chi connectivity index (χ4v) is 2.17. The lowest BCUT2D eigenvalue weighted by atomic mass is 9.82. The van der Waals surface area contributed by atoms with Crippen molar-refractivity contribution < 1.29 is 4.39 Å². The summed E-state index contributed by atoms with van der Waals surface area (Å²) >= 11 is 0. The van der Waals surface area contributed by atoms with Crippen LogP contribution in [0.15, 0.2) is 54.6 Å². The van der Waals surface area contributed by atoms with Gasteiger partial charge in [0, 0.05) is 5.54 Å². The molecule has 2 aromatic rings. The zero-order valence-electron chi connectivity index (χ0n) is 10.6. The van der Waals surface area contributed by atoms with E-state index in [4.69, 9.17) is 5.73 Å². The lowest BCUT2D eigenvalue weighted by molar-refractivity contribution is 0.424. The Labute approximate surface area is 107 Å². The SMILES string of the molecule is CCC(N)(Cc1ccc(F)cc1)c1ccccc1. The van der Waals surface area contributed by atoms with Gasteiger partial charge in [-0.2, -0.15) is 0 Å². The number of halogens is 1. The Morgan fingerprint density at radius 2 is 1.61 bits per heavy atom. The highest BCUT2D eigenvalue weighted by Gasteiger charge is 2.25. The van der Waals surface area contributed by atoms with Crippen LogP contribution < -0.4 is 5.73 Å². The standard InChI is InChI=1S/C16H18FN/c1-2-16(18,14-6-4-3-5-7-14)12-13-8-10-15(17)11-9-13/h3-11H,2,12,18H2,1H3. The van der Waals surface area contributed by atoms with Crippen LogP contribution in [0.4, 0.5) is 4.39 Å². The van der Waals surface area contributed by atoms with Crippen LogP contribution in [0.5, 0.6) is 0 Å². The summed E-state index contributed by atoms with van der Waals surface area (Å²) in [5.41, 5.74) is 8.29. The summed E-state index contributed by atoms with van der Waals surface area (Å²) in [6.07, 6.45) is 1.56. The minimum atomic E-state index is -0.390. The van der Waals surface area contributed by atoms with Crippen LogP contribution in [-0.2, 0) is 12.0 Å². The van der Waals surface area contributed by atoms with Crippen LogP contribution in [0.1, 0.15) is 24.5 Å². The second-order valence-corrected chi connectivity index (χ2v) is 4.68. The number of nitrogens with two attached hydrogens (primary N) is 1. The number of rotatable bonds is 4. The van der Waals surface area contributed by atoms with Crippen molar-refractivity contribution in [1.29, 1.82) is 0 Å². The highest BCUT2D eigenvalue weighted by atomic mass is 19.1. The Bertz CT molecular complexity index is 492. The molecule has 0 spiro atoms. The summed E-state index contributed by atoms with van der Waals surface area (Å²) in [5, 5.41) is 0. The van der Waals surface area contributed by atoms with Gasteiger partial charge in [-0.3, -0.25) is 0 Å². The molecule has 94 valence electrons. The monoisotopic (exact) mass is 243 g/mol. The fourth-order valence-electron chi connectivity index (χ4n) is 2.17. The van der Waals surface area contributed by atoms with Crippen molar-refractivity contribution in [2.24, 2.45) is 5.73 Å². The Morgan fingerprint density at radius 1 is 1.00 bits per heavy atom. The van der Waals surface area contributed by atoms with Crippen molar-refractivity contribution in [3.63, 3.8) is 0 Å². The first-order chi connectivity index (χ1) is 8.64. The van der Waals surface area contributed by atoms with E-state index in [0.29, 0.717) is 6.42 Å². The smallest absolute Gasteiger partial charge is 0.123 e. The van der Waals surface area contributed by atoms with E-state index >= 15 is 0 Å². The highest BCUT2D eigenvalue weighted by Crippen LogP contribution is 2.26. The Kier molecular flexibility index (Phi) is 3.78. The van der Waals surface area contributed by atoms with Gasteiger partial charge in [-0.25, -0.2) is 4.39 Å². The first kappa shape index (κ1) is 12.8. The number of hydrogen-bond donors (Lipinski definition) is 1. The van der Waals surface area contributed by atoms with Gasteiger partial charge >= 0.3 is 0 Å². The molecule has 0 amide bonds. The van der Waals surface area contributed by atoms with E-state index in [2.05, 4.69) is 6.92 Å². The predicted octanol–water partition coefficient (Wildman–Crippen LogP) is 3.63. The van der Waals surface area contributed by atoms with E-state index in [-0.39, 0.29) is 11.4 Å². The van der Waals surface area contributed by atoms with E-state index in [1.54, 1.807) is 12.1 Å². The maximum absolute atomic E-state index is 12.9. The molecule has 2 heteroatoms. The summed E-state index contributed by atoms with van der Waals surface area (Å²) in [6.45, 7) is 2.08. The summed E-state index contributed by atoms with van der Waals surface area (Å²) in [5.74, 6) is -0.211. The lowest BCUT2D eigenvalue weighted by Gasteiger charge is -2.29. The molecule has 0 aliphatic carbocycles. The molecule has 0 aliphatic rings. The topological polar surface area (TPSA) is 26.0 Å². The molecular weight excluding hydrogens is 225 g/mol. The van der Waals surface area contributed by atoms with Crippen LogP contribution in [0.2, 0.25) is 0 Å². The molecule has 2 aromatic carbocycles. The van der Waals surface area contributed by atoms with Gasteiger partial charge in [0.25, 0.3) is 0 Å². The molecular formula is C16H18FN. The quantitative estimate of drug-likeness (QED) is 0.871. The number of benzene rings is 2. The molecule has 0 saturated carbocycles. The Balaban J connectivity index is 2.26. The second-order valence-electron chi connectivity index (χ2n) is 4.68. The molecule has 0 fully saturated rings. The molecule has 18 heavy (non-hydrogen) atoms. The second kappa shape index (κ2) is 5.32. The molecule has 0 bridgehead atoms. The molecule has 2 N–H and O–H groups in total. The maximum atomic E-state index is 12.9. The van der Waals surface area contributed by atoms with Crippen LogP contribution in [0.3, 0.4) is 0 Å². The minimum absolute atomic E-state index is 0.211. The molecule has 2 rings (SSSR count). The van der Waals surface area contributed by atoms with Crippen LogP contribution in [0, 0.1) is 5.82 Å². The Morgan fingerprint density at radius 3 is 2.17 bits per heavy atom. The van der Waals surface area contributed by atoms with Crippen molar-refractivity contribution in [3.05, 3.63) is 71.5 Å². The van der Waals surface area contributed by atoms with Gasteiger partial charge in [-0.15, -0.1) is 0 Å². The normalized spacial score (nSPS) is 14.2. The number of hydrogen-bond acceptors (Lipinski definition) is 1. The third kappa shape index (κ3) is 2.77. The third-order valence-electron chi connectivity index (χ3n) is 3.41. The van der Waals surface area contributed by atoms with Crippen molar-refractivity contribution >= 4 is 0 Å². The first-order valence-electron chi connectivity index (χ1n) is 6.23. The highest BCUT2D eigenvalue weighted by molar-refractivity contribution is 5.28. The van der Waals surface area contributed by atoms with E-state index in [1.807, 2.05) is 30.3 Å². The molecule has 0 aromatic heterocycles. The van der Waals surface area contributed by atoms with Crippen LogP contribution in [0.25, 0.3) is 0 Å². The molecule has 0 saturated heterocycles. The van der Waals surface area contributed by atoms with E-state index < -0.39 is 0 Å². The van der Waals surface area contributed by atoms with Gasteiger partial charge in [0.1, 0.15) is 5.82 Å². The maximum Gasteiger partial charge on any atom is 0.123 e. The van der Waals surface area contributed by atoms with Crippen molar-refractivity contribution in [2.45, 2.75) is 25.3 Å². The van der Waals surface area contributed by atoms with Gasteiger partial charge < -0.3 is 5.73 Å². The largest absolute Gasteiger partial charge is 0.321 e. The van der Waals surface area contributed by atoms with Gasteiger partial charge in [0.15, 0.2) is 0 Å². The molecule has 1 unspecified atom stereocenters. The zero-order chi connectivity index (χ0) is 13.0. The van der Waals surface area contributed by atoms with Gasteiger partial charge in [-0.05, 0) is 36.1 Å². The summed E-state index contributed by atoms with van der Waals surface area (Å²) in [6, 6.07) is 16.6. The predicted molar refractivity (Wildman–Crippen MR) is 72.7 cm³/mol. The van der Waals surface area contributed by atoms with Crippen LogP contribution in [-0.4, -0.2) is 0 Å². The minimum Gasteiger partial charge on any atom is -0.321 e. The molecule has 0 heterocycles. The third-order valence-corrected chi connectivity index (χ3v) is 3.41. The van der Waals surface area contributed by atoms with Crippen LogP contribution >= 0.6 is 0 Å². The van der Waals surface area contributed by atoms with Gasteiger partial charge in [0.05, 0.1) is 0 Å². The fraction of sp³-hybridized carbons (Fsp3) is 0.250. The summed E-state index contributed by atoms with van der Waals surface area (Å²) in [7, 11) is 0. The lowest BCUT2D eigenvalue weighted by Crippen LogP contribution is -2.38. The van der Waals surface area contributed by atoms with Crippen molar-refractivity contribution in [1.82, 2.24) is 0 Å². The zero-order valence-corrected chi connectivity index (χ0v) is 10.6. The van der Waals surface area contributed by atoms with E-state index in [0.717, 1.165) is 17.5 Å². The van der Waals surface area contributed by atoms with Crippen molar-refractivity contribution in [2.75, 3.05) is 0 Å². The van der Waals surface area contributed by atoms with Crippen molar-refractivity contribution in [3.8, 4) is 0 Å². The van der Waals surface area contributed by atoms with Gasteiger partial charge in [-0.1, -0.05) is 49.4 Å². The average Bonchev–Trinajstić information content (AvgIpc) is 2.42. The molecule has 1 nitrogen and oxygen atoms in total. The van der Waals surface area contributed by atoms with E-state index in [9.17, 15) is 4.39 Å². The van der Waals surface area contributed by atoms with Gasteiger partial charge in [0.2, 0.25) is 0 Å².